The zero-order valence-electron chi connectivity index (χ0n) is 30.0. The van der Waals surface area contributed by atoms with Crippen LogP contribution in [0.2, 0.25) is 5.02 Å². The lowest BCUT2D eigenvalue weighted by Gasteiger charge is -2.37. The number of benzene rings is 5. The van der Waals surface area contributed by atoms with Crippen LogP contribution in [0, 0.1) is 0 Å². The van der Waals surface area contributed by atoms with Gasteiger partial charge < -0.3 is 24.8 Å². The van der Waals surface area contributed by atoms with Crippen LogP contribution < -0.4 is 10.6 Å². The molecule has 6 rings (SSSR count). The van der Waals surface area contributed by atoms with E-state index < -0.39 is 35.4 Å². The van der Waals surface area contributed by atoms with E-state index in [4.69, 9.17) is 25.8 Å². The van der Waals surface area contributed by atoms with Gasteiger partial charge >= 0.3 is 18.2 Å². The first-order chi connectivity index (χ1) is 25.6. The number of nitrogens with one attached hydrogen (secondary N) is 2. The normalized spacial score (nSPS) is 12.9. The summed E-state index contributed by atoms with van der Waals surface area (Å²) in [5.74, 6) is -0.871. The van der Waals surface area contributed by atoms with E-state index in [0.29, 0.717) is 28.1 Å². The van der Waals surface area contributed by atoms with E-state index in [-0.39, 0.29) is 25.5 Å². The highest BCUT2D eigenvalue weighted by Gasteiger charge is 2.43. The molecule has 2 N–H and O–H groups in total. The highest BCUT2D eigenvalue weighted by molar-refractivity contribution is 6.31. The zero-order chi connectivity index (χ0) is 37.4. The molecule has 1 aliphatic carbocycles. The Hall–Kier alpha value is -5.60. The van der Waals surface area contributed by atoms with E-state index in [2.05, 4.69) is 22.8 Å². The van der Waals surface area contributed by atoms with Gasteiger partial charge in [0.1, 0.15) is 18.2 Å². The number of amides is 2. The number of hydrogen-bond donors (Lipinski definition) is 2. The van der Waals surface area contributed by atoms with Crippen LogP contribution in [0.25, 0.3) is 11.1 Å². The lowest BCUT2D eigenvalue weighted by Crippen LogP contribution is -2.47. The maximum Gasteiger partial charge on any atom is 0.407 e. The summed E-state index contributed by atoms with van der Waals surface area (Å²) in [5, 5.41) is 5.92. The molecule has 0 spiro atoms. The Morgan fingerprint density at radius 3 is 1.77 bits per heavy atom. The molecular weight excluding hydrogens is 688 g/mol. The van der Waals surface area contributed by atoms with E-state index >= 15 is 0 Å². The van der Waals surface area contributed by atoms with Crippen molar-refractivity contribution in [2.75, 3.05) is 13.2 Å². The molecule has 2 amide bonds. The summed E-state index contributed by atoms with van der Waals surface area (Å²) < 4.78 is 17.9. The third-order valence-electron chi connectivity index (χ3n) is 9.13. The maximum atomic E-state index is 14.6. The van der Waals surface area contributed by atoms with E-state index in [0.717, 1.165) is 22.3 Å². The molecule has 0 bridgehead atoms. The Balaban J connectivity index is 1.28. The Kier molecular flexibility index (Phi) is 11.5. The molecule has 53 heavy (non-hydrogen) atoms. The van der Waals surface area contributed by atoms with Crippen LogP contribution in [0.15, 0.2) is 133 Å². The number of ether oxygens (including phenoxy) is 3. The molecule has 0 aliphatic heterocycles. The number of halogens is 1. The number of carbonyl (C=O) groups excluding carboxylic acids is 3. The van der Waals surface area contributed by atoms with Crippen LogP contribution >= 0.6 is 11.6 Å². The van der Waals surface area contributed by atoms with Crippen LogP contribution in [0.3, 0.4) is 0 Å². The van der Waals surface area contributed by atoms with Crippen molar-refractivity contribution in [2.45, 2.75) is 56.8 Å². The minimum atomic E-state index is -1.48. The van der Waals surface area contributed by atoms with Crippen molar-refractivity contribution in [3.8, 4) is 11.1 Å². The molecular formula is C44H43ClN2O6. The number of hydrogen-bond acceptors (Lipinski definition) is 6. The van der Waals surface area contributed by atoms with E-state index in [1.54, 1.807) is 26.8 Å². The lowest BCUT2D eigenvalue weighted by atomic mass is 9.80. The molecule has 0 unspecified atom stereocenters. The van der Waals surface area contributed by atoms with Crippen molar-refractivity contribution in [2.24, 2.45) is 0 Å². The van der Waals surface area contributed by atoms with Gasteiger partial charge in [-0.1, -0.05) is 139 Å². The predicted octanol–water partition coefficient (Wildman–Crippen LogP) is 9.39. The Morgan fingerprint density at radius 1 is 0.679 bits per heavy atom. The highest BCUT2D eigenvalue weighted by atomic mass is 35.5. The average Bonchev–Trinajstić information content (AvgIpc) is 3.48. The second-order valence-corrected chi connectivity index (χ2v) is 14.3. The molecule has 0 radical (unpaired) electrons. The summed E-state index contributed by atoms with van der Waals surface area (Å²) in [5.41, 5.74) is 4.09. The molecule has 0 aromatic heterocycles. The van der Waals surface area contributed by atoms with Crippen LogP contribution in [-0.4, -0.2) is 43.0 Å². The first kappa shape index (κ1) is 37.2. The smallest absolute Gasteiger partial charge is 0.407 e. The molecule has 0 saturated carbocycles. The number of rotatable bonds is 12. The van der Waals surface area contributed by atoms with Gasteiger partial charge in [0.25, 0.3) is 0 Å². The third kappa shape index (κ3) is 8.56. The lowest BCUT2D eigenvalue weighted by molar-refractivity contribution is -0.156. The van der Waals surface area contributed by atoms with E-state index in [1.165, 1.54) is 0 Å². The molecule has 5 aromatic rings. The second-order valence-electron chi connectivity index (χ2n) is 13.9. The Bertz CT molecular complexity index is 1960. The monoisotopic (exact) mass is 730 g/mol. The minimum Gasteiger partial charge on any atom is -0.449 e. The van der Waals surface area contributed by atoms with Crippen molar-refractivity contribution >= 4 is 29.8 Å². The fraction of sp³-hybridized carbons (Fsp3) is 0.250. The van der Waals surface area contributed by atoms with Crippen molar-refractivity contribution in [1.82, 2.24) is 10.6 Å². The topological polar surface area (TPSA) is 103 Å². The molecule has 1 aliphatic rings. The number of fused-ring (bicyclic) bond motifs is 3. The quantitative estimate of drug-likeness (QED) is 0.0574. The van der Waals surface area contributed by atoms with Gasteiger partial charge in [-0.25, -0.2) is 14.4 Å². The number of carbonyl (C=O) groups is 3. The fourth-order valence-electron chi connectivity index (χ4n) is 6.81. The van der Waals surface area contributed by atoms with Crippen LogP contribution in [-0.2, 0) is 24.6 Å². The first-order valence-electron chi connectivity index (χ1n) is 17.7. The van der Waals surface area contributed by atoms with Gasteiger partial charge in [0.2, 0.25) is 0 Å². The van der Waals surface area contributed by atoms with E-state index in [9.17, 15) is 14.4 Å². The average molecular weight is 731 g/mol. The van der Waals surface area contributed by atoms with E-state index in [1.807, 2.05) is 115 Å². The standard InChI is InChI=1S/C44H43ClN2O6/c1-43(2,3)53-41(49)46-28-16-27-39(47-42(50)51-29-36-34-23-12-10-21-32(34)33-22-11-13-24-35(33)36)40(48)52-44(30-17-6-4-7-18-30,31-19-8-5-9-20-31)37-25-14-15-26-38(37)45/h4-15,17-26,36,39H,16,27-29H2,1-3H3,(H,46,49)(H,47,50)/t39-/m0/s1. The number of esters is 1. The van der Waals surface area contributed by atoms with Gasteiger partial charge in [0, 0.05) is 34.2 Å². The first-order valence-corrected chi connectivity index (χ1v) is 18.1. The van der Waals surface area contributed by atoms with Crippen molar-refractivity contribution < 1.29 is 28.6 Å². The van der Waals surface area contributed by atoms with Crippen LogP contribution in [0.5, 0.6) is 0 Å². The van der Waals surface area contributed by atoms with Crippen molar-refractivity contribution in [3.05, 3.63) is 166 Å². The van der Waals surface area contributed by atoms with Gasteiger partial charge in [-0.3, -0.25) is 0 Å². The molecule has 8 nitrogen and oxygen atoms in total. The summed E-state index contributed by atoms with van der Waals surface area (Å²) in [6, 6.07) is 41.0. The predicted molar refractivity (Wildman–Crippen MR) is 206 cm³/mol. The SMILES string of the molecule is CC(C)(C)OC(=O)NCCC[C@H](NC(=O)OCC1c2ccccc2-c2ccccc21)C(=O)OC(c1ccccc1)(c1ccccc1)c1ccccc1Cl. The van der Waals surface area contributed by atoms with Crippen molar-refractivity contribution in [3.63, 3.8) is 0 Å². The molecule has 1 atom stereocenters. The summed E-state index contributed by atoms with van der Waals surface area (Å²) in [7, 11) is 0. The molecule has 272 valence electrons. The van der Waals surface area contributed by atoms with Crippen LogP contribution in [0.4, 0.5) is 9.59 Å². The van der Waals surface area contributed by atoms with Gasteiger partial charge in [0.05, 0.1) is 0 Å². The molecule has 0 fully saturated rings. The third-order valence-corrected chi connectivity index (χ3v) is 9.46. The summed E-state index contributed by atoms with van der Waals surface area (Å²) in [6.07, 6.45) is -0.900. The van der Waals surface area contributed by atoms with Gasteiger partial charge in [-0.15, -0.1) is 0 Å². The fourth-order valence-corrected chi connectivity index (χ4v) is 7.08. The van der Waals surface area contributed by atoms with Crippen molar-refractivity contribution in [1.29, 1.82) is 0 Å². The molecule has 9 heteroatoms. The maximum absolute atomic E-state index is 14.6. The van der Waals surface area contributed by atoms with Crippen LogP contribution in [0.1, 0.15) is 67.3 Å². The summed E-state index contributed by atoms with van der Waals surface area (Å²) in [4.78, 5) is 40.6. The molecule has 0 saturated heterocycles. The number of alkyl carbamates (subject to hydrolysis) is 2. The Labute approximate surface area is 315 Å². The summed E-state index contributed by atoms with van der Waals surface area (Å²) >= 11 is 6.88. The zero-order valence-corrected chi connectivity index (χ0v) is 30.8. The molecule has 5 aromatic carbocycles. The summed E-state index contributed by atoms with van der Waals surface area (Å²) in [6.45, 7) is 5.60. The molecule has 0 heterocycles. The Morgan fingerprint density at radius 2 is 1.21 bits per heavy atom. The van der Waals surface area contributed by atoms with Gasteiger partial charge in [0.15, 0.2) is 5.60 Å². The van der Waals surface area contributed by atoms with Gasteiger partial charge in [-0.05, 0) is 61.9 Å². The largest absolute Gasteiger partial charge is 0.449 e. The second kappa shape index (κ2) is 16.4. The highest BCUT2D eigenvalue weighted by Crippen LogP contribution is 2.45. The minimum absolute atomic E-state index is 0.0689. The van der Waals surface area contributed by atoms with Gasteiger partial charge in [-0.2, -0.15) is 0 Å².